The zero-order valence-corrected chi connectivity index (χ0v) is 12.7. The van der Waals surface area contributed by atoms with Gasteiger partial charge in [0.05, 0.1) is 12.3 Å². The number of aromatic nitrogens is 1. The molecule has 116 valence electrons. The van der Waals surface area contributed by atoms with Gasteiger partial charge < -0.3 is 10.4 Å². The number of nitrogens with zero attached hydrogens (tertiary/aromatic N) is 2. The average molecular weight is 333 g/mol. The monoisotopic (exact) mass is 333 g/mol. The smallest absolute Gasteiger partial charge is 0.355 e. The van der Waals surface area contributed by atoms with E-state index in [0.717, 1.165) is 11.3 Å². The van der Waals surface area contributed by atoms with Crippen molar-refractivity contribution in [2.75, 3.05) is 18.8 Å². The van der Waals surface area contributed by atoms with E-state index in [2.05, 4.69) is 10.3 Å². The quantitative estimate of drug-likeness (QED) is 0.750. The van der Waals surface area contributed by atoms with Crippen molar-refractivity contribution in [3.63, 3.8) is 0 Å². The Morgan fingerprint density at radius 3 is 2.81 bits per heavy atom. The molecule has 1 fully saturated rings. The van der Waals surface area contributed by atoms with Crippen LogP contribution in [-0.2, 0) is 21.4 Å². The number of hydrogen-bond acceptors (Lipinski definition) is 6. The Labute approximate surface area is 125 Å². The van der Waals surface area contributed by atoms with E-state index < -0.39 is 16.0 Å². The maximum atomic E-state index is 11.7. The van der Waals surface area contributed by atoms with Gasteiger partial charge in [-0.15, -0.1) is 11.3 Å². The van der Waals surface area contributed by atoms with Gasteiger partial charge in [-0.1, -0.05) is 0 Å². The molecular weight excluding hydrogens is 318 g/mol. The summed E-state index contributed by atoms with van der Waals surface area (Å²) >= 11 is 1.15. The number of amides is 1. The molecule has 1 aliphatic heterocycles. The predicted molar refractivity (Wildman–Crippen MR) is 75.5 cm³/mol. The third-order valence-corrected chi connectivity index (χ3v) is 5.80. The van der Waals surface area contributed by atoms with Gasteiger partial charge in [-0.3, -0.25) is 4.79 Å². The average Bonchev–Trinajstić information content (AvgIpc) is 3.00. The summed E-state index contributed by atoms with van der Waals surface area (Å²) in [5.74, 6) is -1.25. The molecule has 0 unspecified atom stereocenters. The van der Waals surface area contributed by atoms with Crippen LogP contribution in [0.1, 0.15) is 28.3 Å². The number of carbonyl (C=O) groups excluding carboxylic acids is 1. The molecule has 1 saturated heterocycles. The normalized spacial score (nSPS) is 17.7. The Kier molecular flexibility index (Phi) is 4.91. The molecule has 2 heterocycles. The summed E-state index contributed by atoms with van der Waals surface area (Å²) in [7, 11) is -3.18. The molecule has 2 N–H and O–H groups in total. The van der Waals surface area contributed by atoms with E-state index in [1.54, 1.807) is 0 Å². The first-order valence-corrected chi connectivity index (χ1v) is 8.79. The van der Waals surface area contributed by atoms with Gasteiger partial charge in [0.1, 0.15) is 5.01 Å². The molecule has 0 saturated carbocycles. The summed E-state index contributed by atoms with van der Waals surface area (Å²) in [6, 6.07) is 0. The second-order valence-corrected chi connectivity index (χ2v) is 7.56. The van der Waals surface area contributed by atoms with Crippen LogP contribution < -0.4 is 5.32 Å². The molecule has 21 heavy (non-hydrogen) atoms. The minimum absolute atomic E-state index is 0.0487. The highest BCUT2D eigenvalue weighted by atomic mass is 32.2. The summed E-state index contributed by atoms with van der Waals surface area (Å²) in [6.07, 6.45) is 0.678. The van der Waals surface area contributed by atoms with Gasteiger partial charge in [-0.2, -0.15) is 0 Å². The lowest BCUT2D eigenvalue weighted by molar-refractivity contribution is -0.121. The van der Waals surface area contributed by atoms with Gasteiger partial charge in [0.2, 0.25) is 15.9 Å². The van der Waals surface area contributed by atoms with Crippen molar-refractivity contribution >= 4 is 33.2 Å². The summed E-state index contributed by atoms with van der Waals surface area (Å²) in [5, 5.41) is 13.2. The Balaban J connectivity index is 1.76. The number of rotatable bonds is 6. The van der Waals surface area contributed by atoms with Crippen molar-refractivity contribution in [3.05, 3.63) is 16.1 Å². The van der Waals surface area contributed by atoms with Crippen LogP contribution in [0.4, 0.5) is 0 Å². The van der Waals surface area contributed by atoms with Crippen molar-refractivity contribution in [1.82, 2.24) is 14.6 Å². The zero-order chi connectivity index (χ0) is 15.5. The van der Waals surface area contributed by atoms with Crippen LogP contribution in [0.25, 0.3) is 0 Å². The standard InChI is InChI=1S/C11H15N3O5S2/c15-9(2-4-14-3-1-5-21(14,18)19)12-6-10-13-8(7-20-10)11(16)17/h7H,1-6H2,(H,12,15)(H,16,17). The Morgan fingerprint density at radius 2 is 2.24 bits per heavy atom. The highest BCUT2D eigenvalue weighted by molar-refractivity contribution is 7.89. The van der Waals surface area contributed by atoms with E-state index in [4.69, 9.17) is 5.11 Å². The molecule has 0 aromatic carbocycles. The number of carboxylic acid groups (broad SMARTS) is 1. The minimum atomic E-state index is -3.18. The van der Waals surface area contributed by atoms with Crippen LogP contribution in [0.15, 0.2) is 5.38 Å². The summed E-state index contributed by atoms with van der Waals surface area (Å²) in [4.78, 5) is 26.2. The number of carbonyl (C=O) groups is 2. The van der Waals surface area contributed by atoms with E-state index in [1.807, 2.05) is 0 Å². The lowest BCUT2D eigenvalue weighted by Crippen LogP contribution is -2.31. The van der Waals surface area contributed by atoms with Gasteiger partial charge in [-0.05, 0) is 6.42 Å². The molecule has 0 atom stereocenters. The van der Waals surface area contributed by atoms with E-state index in [-0.39, 0.29) is 36.9 Å². The Morgan fingerprint density at radius 1 is 1.48 bits per heavy atom. The van der Waals surface area contributed by atoms with Gasteiger partial charge in [0, 0.05) is 24.9 Å². The van der Waals surface area contributed by atoms with Crippen molar-refractivity contribution in [2.24, 2.45) is 0 Å². The molecule has 0 aliphatic carbocycles. The third-order valence-electron chi connectivity index (χ3n) is 3.00. The first kappa shape index (κ1) is 15.9. The molecule has 1 aromatic heterocycles. The summed E-state index contributed by atoms with van der Waals surface area (Å²) < 4.78 is 24.4. The maximum absolute atomic E-state index is 11.7. The first-order chi connectivity index (χ1) is 9.88. The maximum Gasteiger partial charge on any atom is 0.355 e. The highest BCUT2D eigenvalue weighted by Gasteiger charge is 2.28. The van der Waals surface area contributed by atoms with Crippen LogP contribution >= 0.6 is 11.3 Å². The molecule has 1 amide bonds. The number of sulfonamides is 1. The van der Waals surface area contributed by atoms with E-state index in [9.17, 15) is 18.0 Å². The first-order valence-electron chi connectivity index (χ1n) is 6.31. The molecule has 0 bridgehead atoms. The van der Waals surface area contributed by atoms with Crippen LogP contribution in [0, 0.1) is 0 Å². The summed E-state index contributed by atoms with van der Waals surface area (Å²) in [6.45, 7) is 0.778. The van der Waals surface area contributed by atoms with Crippen LogP contribution in [-0.4, -0.2) is 53.5 Å². The molecule has 1 aliphatic rings. The fraction of sp³-hybridized carbons (Fsp3) is 0.545. The predicted octanol–water partition coefficient (Wildman–Crippen LogP) is -0.117. The van der Waals surface area contributed by atoms with Crippen molar-refractivity contribution < 1.29 is 23.1 Å². The molecule has 2 rings (SSSR count). The summed E-state index contributed by atoms with van der Waals surface area (Å²) in [5.41, 5.74) is -0.0487. The SMILES string of the molecule is O=C(CCN1CCCS1(=O)=O)NCc1nc(C(=O)O)cs1. The van der Waals surface area contributed by atoms with Gasteiger partial charge in [-0.25, -0.2) is 22.5 Å². The Bertz CT molecular complexity index is 640. The fourth-order valence-corrected chi connectivity index (χ4v) is 4.16. The second-order valence-electron chi connectivity index (χ2n) is 4.53. The third kappa shape index (κ3) is 4.22. The highest BCUT2D eigenvalue weighted by Crippen LogP contribution is 2.13. The van der Waals surface area contributed by atoms with E-state index in [1.165, 1.54) is 9.69 Å². The van der Waals surface area contributed by atoms with Crippen molar-refractivity contribution in [3.8, 4) is 0 Å². The number of nitrogens with one attached hydrogen (secondary N) is 1. The van der Waals surface area contributed by atoms with Gasteiger partial charge in [0.25, 0.3) is 0 Å². The minimum Gasteiger partial charge on any atom is -0.476 e. The number of thiazole rings is 1. The number of aromatic carboxylic acids is 1. The van der Waals surface area contributed by atoms with Gasteiger partial charge >= 0.3 is 5.97 Å². The number of carboxylic acids is 1. The largest absolute Gasteiger partial charge is 0.476 e. The van der Waals surface area contributed by atoms with E-state index >= 15 is 0 Å². The van der Waals surface area contributed by atoms with E-state index in [0.29, 0.717) is 18.0 Å². The van der Waals surface area contributed by atoms with Crippen LogP contribution in [0.2, 0.25) is 0 Å². The molecule has 0 radical (unpaired) electrons. The van der Waals surface area contributed by atoms with Gasteiger partial charge in [0.15, 0.2) is 5.69 Å². The van der Waals surface area contributed by atoms with Crippen molar-refractivity contribution in [1.29, 1.82) is 0 Å². The zero-order valence-electron chi connectivity index (χ0n) is 11.1. The van der Waals surface area contributed by atoms with Crippen LogP contribution in [0.3, 0.4) is 0 Å². The molecule has 0 spiro atoms. The Hall–Kier alpha value is -1.52. The topological polar surface area (TPSA) is 117 Å². The lowest BCUT2D eigenvalue weighted by atomic mass is 10.3. The van der Waals surface area contributed by atoms with Crippen LogP contribution in [0.5, 0.6) is 0 Å². The lowest BCUT2D eigenvalue weighted by Gasteiger charge is -2.13. The molecule has 8 nitrogen and oxygen atoms in total. The van der Waals surface area contributed by atoms with Crippen molar-refractivity contribution in [2.45, 2.75) is 19.4 Å². The number of hydrogen-bond donors (Lipinski definition) is 2. The second kappa shape index (κ2) is 6.50. The molecular formula is C11H15N3O5S2. The molecule has 1 aromatic rings. The molecule has 10 heteroatoms. The fourth-order valence-electron chi connectivity index (χ4n) is 1.92.